The Morgan fingerprint density at radius 2 is 1.69 bits per heavy atom. The van der Waals surface area contributed by atoms with Gasteiger partial charge in [-0.25, -0.2) is 0 Å². The van der Waals surface area contributed by atoms with E-state index in [1.807, 2.05) is 42.5 Å². The summed E-state index contributed by atoms with van der Waals surface area (Å²) in [5.74, 6) is -0.355. The number of hydrogen-bond donors (Lipinski definition) is 2. The van der Waals surface area contributed by atoms with Gasteiger partial charge >= 0.3 is 0 Å². The van der Waals surface area contributed by atoms with Crippen LogP contribution in [0.25, 0.3) is 10.6 Å². The molecule has 0 bridgehead atoms. The number of nitrogens with zero attached hydrogens (tertiary/aromatic N) is 2. The summed E-state index contributed by atoms with van der Waals surface area (Å²) < 4.78 is 5.50. The Kier molecular flexibility index (Phi) is 8.31. The van der Waals surface area contributed by atoms with Gasteiger partial charge in [-0.1, -0.05) is 77.0 Å². The van der Waals surface area contributed by atoms with Crippen molar-refractivity contribution in [1.82, 2.24) is 15.5 Å². The Morgan fingerprint density at radius 3 is 2.43 bits per heavy atom. The topological polar surface area (TPSA) is 93.2 Å². The van der Waals surface area contributed by atoms with Gasteiger partial charge in [0, 0.05) is 22.0 Å². The summed E-state index contributed by atoms with van der Waals surface area (Å²) >= 11 is 13.1. The Morgan fingerprint density at radius 1 is 0.914 bits per heavy atom. The number of halogens is 2. The lowest BCUT2D eigenvalue weighted by Crippen LogP contribution is -2.46. The fraction of sp³-hybridized carbons (Fsp3) is 0.120. The standard InChI is InChI=1S/C25H20Cl2N4O3S/c26-18-9-11-20(12-10-18)34-15-22(32)28-21(13-16-5-2-1-3-6-16)23(33)29-25-31-30-24(35-25)17-7-4-8-19(27)14-17/h1-12,14,21H,13,15H2,(H,28,32)(H,29,31,33)/t21-/m1/s1. The van der Waals surface area contributed by atoms with Gasteiger partial charge in [0.05, 0.1) is 0 Å². The molecule has 0 aliphatic carbocycles. The van der Waals surface area contributed by atoms with Crippen LogP contribution in [-0.2, 0) is 16.0 Å². The van der Waals surface area contributed by atoms with Crippen LogP contribution in [0.15, 0.2) is 78.9 Å². The minimum Gasteiger partial charge on any atom is -0.484 e. The van der Waals surface area contributed by atoms with Crippen LogP contribution in [-0.4, -0.2) is 34.7 Å². The molecule has 0 saturated carbocycles. The van der Waals surface area contributed by atoms with Crippen LogP contribution in [0.2, 0.25) is 10.0 Å². The molecular weight excluding hydrogens is 507 g/mol. The Balaban J connectivity index is 1.43. The van der Waals surface area contributed by atoms with Crippen molar-refractivity contribution in [3.8, 4) is 16.3 Å². The molecule has 2 N–H and O–H groups in total. The molecule has 35 heavy (non-hydrogen) atoms. The van der Waals surface area contributed by atoms with Crippen LogP contribution in [0.4, 0.5) is 5.13 Å². The molecule has 4 rings (SSSR count). The summed E-state index contributed by atoms with van der Waals surface area (Å²) in [7, 11) is 0. The molecule has 0 saturated heterocycles. The Hall–Kier alpha value is -3.46. The maximum Gasteiger partial charge on any atom is 0.258 e. The van der Waals surface area contributed by atoms with Crippen molar-refractivity contribution < 1.29 is 14.3 Å². The molecule has 3 aromatic carbocycles. The van der Waals surface area contributed by atoms with Gasteiger partial charge in [0.15, 0.2) is 6.61 Å². The van der Waals surface area contributed by atoms with Gasteiger partial charge in [0.2, 0.25) is 11.0 Å². The molecular formula is C25H20Cl2N4O3S. The van der Waals surface area contributed by atoms with E-state index in [0.717, 1.165) is 11.1 Å². The first-order valence-electron chi connectivity index (χ1n) is 10.6. The minimum absolute atomic E-state index is 0.252. The zero-order valence-corrected chi connectivity index (χ0v) is 20.6. The highest BCUT2D eigenvalue weighted by atomic mass is 35.5. The second-order valence-electron chi connectivity index (χ2n) is 7.46. The van der Waals surface area contributed by atoms with Crippen LogP contribution < -0.4 is 15.4 Å². The van der Waals surface area contributed by atoms with E-state index in [9.17, 15) is 9.59 Å². The van der Waals surface area contributed by atoms with Crippen molar-refractivity contribution in [2.24, 2.45) is 0 Å². The Labute approximate surface area is 216 Å². The van der Waals surface area contributed by atoms with E-state index in [4.69, 9.17) is 27.9 Å². The van der Waals surface area contributed by atoms with E-state index in [2.05, 4.69) is 20.8 Å². The zero-order chi connectivity index (χ0) is 24.6. The minimum atomic E-state index is -0.850. The summed E-state index contributed by atoms with van der Waals surface area (Å²) in [6.07, 6.45) is 0.291. The third-order valence-electron chi connectivity index (χ3n) is 4.84. The zero-order valence-electron chi connectivity index (χ0n) is 18.3. The molecule has 1 atom stereocenters. The van der Waals surface area contributed by atoms with Gasteiger partial charge in [-0.3, -0.25) is 14.9 Å². The van der Waals surface area contributed by atoms with Crippen molar-refractivity contribution >= 4 is 51.5 Å². The van der Waals surface area contributed by atoms with Gasteiger partial charge in [0.25, 0.3) is 5.91 Å². The summed E-state index contributed by atoms with van der Waals surface area (Å²) in [5.41, 5.74) is 1.69. The monoisotopic (exact) mass is 526 g/mol. The number of hydrogen-bond acceptors (Lipinski definition) is 6. The van der Waals surface area contributed by atoms with Crippen LogP contribution in [0.3, 0.4) is 0 Å². The summed E-state index contributed by atoms with van der Waals surface area (Å²) in [6.45, 7) is -0.252. The van der Waals surface area contributed by atoms with Crippen LogP contribution >= 0.6 is 34.5 Å². The molecule has 0 spiro atoms. The molecule has 0 aliphatic rings. The average Bonchev–Trinajstić information content (AvgIpc) is 3.32. The third kappa shape index (κ3) is 7.26. The summed E-state index contributed by atoms with van der Waals surface area (Å²) in [6, 6.07) is 22.4. The number of amides is 2. The molecule has 10 heteroatoms. The van der Waals surface area contributed by atoms with Crippen molar-refractivity contribution in [2.45, 2.75) is 12.5 Å². The van der Waals surface area contributed by atoms with Crippen molar-refractivity contribution in [3.63, 3.8) is 0 Å². The smallest absolute Gasteiger partial charge is 0.258 e. The summed E-state index contributed by atoms with van der Waals surface area (Å²) in [5, 5.41) is 15.8. The van der Waals surface area contributed by atoms with E-state index in [-0.39, 0.29) is 6.61 Å². The van der Waals surface area contributed by atoms with Crippen molar-refractivity contribution in [2.75, 3.05) is 11.9 Å². The first-order chi connectivity index (χ1) is 17.0. The van der Waals surface area contributed by atoms with E-state index in [0.29, 0.717) is 32.4 Å². The fourth-order valence-corrected chi connectivity index (χ4v) is 4.24. The summed E-state index contributed by atoms with van der Waals surface area (Å²) in [4.78, 5) is 25.7. The highest BCUT2D eigenvalue weighted by Crippen LogP contribution is 2.28. The van der Waals surface area contributed by atoms with Gasteiger partial charge in [-0.15, -0.1) is 10.2 Å². The number of ether oxygens (including phenoxy) is 1. The predicted octanol–water partition coefficient (Wildman–Crippen LogP) is 5.26. The fourth-order valence-electron chi connectivity index (χ4n) is 3.18. The quantitative estimate of drug-likeness (QED) is 0.310. The van der Waals surface area contributed by atoms with Gasteiger partial charge in [-0.05, 0) is 42.0 Å². The van der Waals surface area contributed by atoms with Crippen LogP contribution in [0, 0.1) is 0 Å². The van der Waals surface area contributed by atoms with E-state index < -0.39 is 17.9 Å². The molecule has 0 radical (unpaired) electrons. The highest BCUT2D eigenvalue weighted by molar-refractivity contribution is 7.18. The molecule has 178 valence electrons. The molecule has 1 heterocycles. The number of benzene rings is 3. The van der Waals surface area contributed by atoms with E-state index in [1.165, 1.54) is 11.3 Å². The lowest BCUT2D eigenvalue weighted by Gasteiger charge is -2.18. The lowest BCUT2D eigenvalue weighted by atomic mass is 10.1. The van der Waals surface area contributed by atoms with Crippen molar-refractivity contribution in [3.05, 3.63) is 94.5 Å². The second-order valence-corrected chi connectivity index (χ2v) is 9.31. The third-order valence-corrected chi connectivity index (χ3v) is 6.22. The number of aromatic nitrogens is 2. The molecule has 0 fully saturated rings. The molecule has 1 aromatic heterocycles. The normalized spacial score (nSPS) is 11.5. The van der Waals surface area contributed by atoms with E-state index >= 15 is 0 Å². The first kappa shape index (κ1) is 24.7. The maximum atomic E-state index is 13.1. The van der Waals surface area contributed by atoms with Crippen LogP contribution in [0.1, 0.15) is 5.56 Å². The number of anilines is 1. The SMILES string of the molecule is O=C(COc1ccc(Cl)cc1)N[C@H](Cc1ccccc1)C(=O)Nc1nnc(-c2cccc(Cl)c2)s1. The number of carbonyl (C=O) groups excluding carboxylic acids is 2. The molecule has 4 aromatic rings. The molecule has 2 amide bonds. The van der Waals surface area contributed by atoms with Gasteiger partial charge < -0.3 is 10.1 Å². The number of rotatable bonds is 9. The van der Waals surface area contributed by atoms with E-state index in [1.54, 1.807) is 36.4 Å². The largest absolute Gasteiger partial charge is 0.484 e. The van der Waals surface area contributed by atoms with Gasteiger partial charge in [0.1, 0.15) is 16.8 Å². The molecule has 0 unspecified atom stereocenters. The molecule has 0 aliphatic heterocycles. The highest BCUT2D eigenvalue weighted by Gasteiger charge is 2.23. The van der Waals surface area contributed by atoms with Crippen molar-refractivity contribution in [1.29, 1.82) is 0 Å². The predicted molar refractivity (Wildman–Crippen MR) is 138 cm³/mol. The average molecular weight is 527 g/mol. The second kappa shape index (κ2) is 11.8. The van der Waals surface area contributed by atoms with Crippen LogP contribution in [0.5, 0.6) is 5.75 Å². The first-order valence-corrected chi connectivity index (χ1v) is 12.2. The number of nitrogens with one attached hydrogen (secondary N) is 2. The Bertz CT molecular complexity index is 1300. The number of carbonyl (C=O) groups is 2. The lowest BCUT2D eigenvalue weighted by molar-refractivity contribution is -0.127. The molecule has 7 nitrogen and oxygen atoms in total. The maximum absolute atomic E-state index is 13.1. The van der Waals surface area contributed by atoms with Gasteiger partial charge in [-0.2, -0.15) is 0 Å².